The Morgan fingerprint density at radius 3 is 2.33 bits per heavy atom. The van der Waals surface area contributed by atoms with Gasteiger partial charge < -0.3 is 0 Å². The number of hydrogen-bond acceptors (Lipinski definition) is 2. The molecule has 1 unspecified atom stereocenters. The van der Waals surface area contributed by atoms with E-state index in [9.17, 15) is 8.42 Å². The number of nitrogens with zero attached hydrogens (tertiary/aromatic N) is 1. The Balaban J connectivity index is 3.06. The maximum Gasteiger partial charge on any atom is 0.211 e. The summed E-state index contributed by atoms with van der Waals surface area (Å²) in [5, 5.41) is 0.584. The molecule has 0 saturated heterocycles. The molecule has 0 aliphatic heterocycles. The summed E-state index contributed by atoms with van der Waals surface area (Å²) in [7, 11) is -1.65. The zero-order valence-electron chi connectivity index (χ0n) is 8.94. The van der Waals surface area contributed by atoms with E-state index >= 15 is 0 Å². The van der Waals surface area contributed by atoms with Gasteiger partial charge in [-0.15, -0.1) is 0 Å². The average molecular weight is 248 g/mol. The second-order valence-corrected chi connectivity index (χ2v) is 5.93. The number of halogens is 1. The van der Waals surface area contributed by atoms with Gasteiger partial charge in [-0.1, -0.05) is 29.8 Å². The summed E-state index contributed by atoms with van der Waals surface area (Å²) >= 11 is 5.99. The van der Waals surface area contributed by atoms with E-state index < -0.39 is 10.0 Å². The van der Waals surface area contributed by atoms with Gasteiger partial charge in [0.1, 0.15) is 0 Å². The molecule has 0 saturated carbocycles. The van der Waals surface area contributed by atoms with Crippen molar-refractivity contribution in [1.29, 1.82) is 0 Å². The Bertz CT molecular complexity index is 444. The molecule has 0 aliphatic carbocycles. The van der Waals surface area contributed by atoms with Crippen molar-refractivity contribution in [2.45, 2.75) is 13.0 Å². The molecule has 1 atom stereocenters. The molecule has 15 heavy (non-hydrogen) atoms. The first-order valence-corrected chi connectivity index (χ1v) is 6.74. The molecule has 1 aromatic rings. The first-order chi connectivity index (χ1) is 6.84. The summed E-state index contributed by atoms with van der Waals surface area (Å²) in [6, 6.07) is 6.99. The molecule has 0 radical (unpaired) electrons. The Morgan fingerprint density at radius 2 is 1.87 bits per heavy atom. The molecule has 0 bridgehead atoms. The van der Waals surface area contributed by atoms with E-state index in [1.165, 1.54) is 10.6 Å². The normalized spacial score (nSPS) is 14.2. The van der Waals surface area contributed by atoms with Gasteiger partial charge in [-0.05, 0) is 18.6 Å². The van der Waals surface area contributed by atoms with Crippen LogP contribution in [0.5, 0.6) is 0 Å². The Labute approximate surface area is 95.7 Å². The fourth-order valence-electron chi connectivity index (χ4n) is 1.30. The van der Waals surface area contributed by atoms with Crippen LogP contribution in [0.1, 0.15) is 18.5 Å². The first kappa shape index (κ1) is 12.5. The van der Waals surface area contributed by atoms with Crippen LogP contribution in [0.2, 0.25) is 5.02 Å². The van der Waals surface area contributed by atoms with Crippen LogP contribution in [0.15, 0.2) is 24.3 Å². The fraction of sp³-hybridized carbons (Fsp3) is 0.400. The van der Waals surface area contributed by atoms with E-state index in [1.54, 1.807) is 13.1 Å². The van der Waals surface area contributed by atoms with Gasteiger partial charge in [-0.25, -0.2) is 8.42 Å². The van der Waals surface area contributed by atoms with E-state index in [-0.39, 0.29) is 6.04 Å². The van der Waals surface area contributed by atoms with Crippen molar-refractivity contribution in [2.24, 2.45) is 0 Å². The molecule has 0 heterocycles. The van der Waals surface area contributed by atoms with Crippen molar-refractivity contribution < 1.29 is 8.42 Å². The fourth-order valence-corrected chi connectivity index (χ4v) is 2.28. The lowest BCUT2D eigenvalue weighted by Crippen LogP contribution is -2.28. The van der Waals surface area contributed by atoms with Crippen LogP contribution in [-0.2, 0) is 10.0 Å². The van der Waals surface area contributed by atoms with Gasteiger partial charge in [0, 0.05) is 18.1 Å². The molecule has 0 fully saturated rings. The van der Waals surface area contributed by atoms with Crippen molar-refractivity contribution in [3.05, 3.63) is 34.9 Å². The van der Waals surface area contributed by atoms with Crippen LogP contribution in [0.4, 0.5) is 0 Å². The van der Waals surface area contributed by atoms with Crippen LogP contribution >= 0.6 is 11.6 Å². The van der Waals surface area contributed by atoms with E-state index in [1.807, 2.05) is 25.1 Å². The van der Waals surface area contributed by atoms with Crippen molar-refractivity contribution in [1.82, 2.24) is 4.31 Å². The summed E-state index contributed by atoms with van der Waals surface area (Å²) in [5.74, 6) is 0. The molecule has 0 spiro atoms. The molecule has 0 N–H and O–H groups in total. The highest BCUT2D eigenvalue weighted by atomic mass is 35.5. The summed E-state index contributed by atoms with van der Waals surface area (Å²) in [4.78, 5) is 0. The summed E-state index contributed by atoms with van der Waals surface area (Å²) in [6.07, 6.45) is 1.18. The van der Waals surface area contributed by atoms with E-state index in [0.29, 0.717) is 5.02 Å². The maximum atomic E-state index is 11.3. The standard InChI is InChI=1S/C10H14ClNO2S/c1-8(12(2)15(3,13)14)9-6-4-5-7-10(9)11/h4-8H,1-3H3. The van der Waals surface area contributed by atoms with Gasteiger partial charge in [0.25, 0.3) is 0 Å². The maximum absolute atomic E-state index is 11.3. The minimum atomic E-state index is -3.19. The molecule has 3 nitrogen and oxygen atoms in total. The predicted octanol–water partition coefficient (Wildman–Crippen LogP) is 2.29. The quantitative estimate of drug-likeness (QED) is 0.822. The van der Waals surface area contributed by atoms with Crippen LogP contribution in [0, 0.1) is 0 Å². The SMILES string of the molecule is CC(c1ccccc1Cl)N(C)S(C)(=O)=O. The molecule has 5 heteroatoms. The number of benzene rings is 1. The van der Waals surface area contributed by atoms with Gasteiger partial charge in [-0.3, -0.25) is 0 Å². The van der Waals surface area contributed by atoms with E-state index in [0.717, 1.165) is 5.56 Å². The summed E-state index contributed by atoms with van der Waals surface area (Å²) in [5.41, 5.74) is 0.812. The van der Waals surface area contributed by atoms with Crippen molar-refractivity contribution in [3.8, 4) is 0 Å². The summed E-state index contributed by atoms with van der Waals surface area (Å²) < 4.78 is 24.0. The molecule has 1 aromatic carbocycles. The topological polar surface area (TPSA) is 37.4 Å². The molecule has 0 amide bonds. The zero-order valence-corrected chi connectivity index (χ0v) is 10.5. The van der Waals surface area contributed by atoms with Crippen LogP contribution in [0.25, 0.3) is 0 Å². The third-order valence-electron chi connectivity index (χ3n) is 2.42. The first-order valence-electron chi connectivity index (χ1n) is 4.51. The number of rotatable bonds is 3. The van der Waals surface area contributed by atoms with Crippen LogP contribution < -0.4 is 0 Å². The molecule has 0 aliphatic rings. The Hall–Kier alpha value is -0.580. The van der Waals surface area contributed by atoms with Gasteiger partial charge in [-0.2, -0.15) is 4.31 Å². The van der Waals surface area contributed by atoms with Gasteiger partial charge in [0.2, 0.25) is 10.0 Å². The van der Waals surface area contributed by atoms with Crippen molar-refractivity contribution in [3.63, 3.8) is 0 Å². The van der Waals surface area contributed by atoms with Gasteiger partial charge in [0.15, 0.2) is 0 Å². The minimum absolute atomic E-state index is 0.256. The van der Waals surface area contributed by atoms with Gasteiger partial charge >= 0.3 is 0 Å². The molecule has 0 aromatic heterocycles. The lowest BCUT2D eigenvalue weighted by atomic mass is 10.1. The van der Waals surface area contributed by atoms with Crippen LogP contribution in [0.3, 0.4) is 0 Å². The summed E-state index contributed by atoms with van der Waals surface area (Å²) in [6.45, 7) is 1.81. The smallest absolute Gasteiger partial charge is 0.211 e. The zero-order chi connectivity index (χ0) is 11.6. The highest BCUT2D eigenvalue weighted by Gasteiger charge is 2.21. The average Bonchev–Trinajstić information content (AvgIpc) is 2.15. The second kappa shape index (κ2) is 4.51. The molecular weight excluding hydrogens is 234 g/mol. The Morgan fingerprint density at radius 1 is 1.33 bits per heavy atom. The molecular formula is C10H14ClNO2S. The second-order valence-electron chi connectivity index (χ2n) is 3.48. The van der Waals surface area contributed by atoms with Gasteiger partial charge in [0.05, 0.1) is 6.26 Å². The largest absolute Gasteiger partial charge is 0.212 e. The van der Waals surface area contributed by atoms with E-state index in [4.69, 9.17) is 11.6 Å². The third-order valence-corrected chi connectivity index (χ3v) is 4.13. The third kappa shape index (κ3) is 2.93. The van der Waals surface area contributed by atoms with E-state index in [2.05, 4.69) is 0 Å². The monoisotopic (exact) mass is 247 g/mol. The molecule has 1 rings (SSSR count). The minimum Gasteiger partial charge on any atom is -0.212 e. The Kier molecular flexibility index (Phi) is 3.76. The predicted molar refractivity (Wildman–Crippen MR) is 62.5 cm³/mol. The van der Waals surface area contributed by atoms with Crippen LogP contribution in [-0.4, -0.2) is 26.0 Å². The highest BCUT2D eigenvalue weighted by molar-refractivity contribution is 7.88. The lowest BCUT2D eigenvalue weighted by Gasteiger charge is -2.23. The molecule has 84 valence electrons. The van der Waals surface area contributed by atoms with Crippen molar-refractivity contribution in [2.75, 3.05) is 13.3 Å². The highest BCUT2D eigenvalue weighted by Crippen LogP contribution is 2.27. The number of sulfonamides is 1. The van der Waals surface area contributed by atoms with Crippen molar-refractivity contribution >= 4 is 21.6 Å². The number of hydrogen-bond donors (Lipinski definition) is 0. The lowest BCUT2D eigenvalue weighted by molar-refractivity contribution is 0.402.